The van der Waals surface area contributed by atoms with E-state index in [4.69, 9.17) is 19.4 Å². The minimum Gasteiger partial charge on any atom is -0.492 e. The first-order valence-corrected chi connectivity index (χ1v) is 10.1. The lowest BCUT2D eigenvalue weighted by Crippen LogP contribution is -2.44. The van der Waals surface area contributed by atoms with Crippen molar-refractivity contribution < 1.29 is 34.1 Å². The second-order valence-electron chi connectivity index (χ2n) is 7.30. The first kappa shape index (κ1) is 23.6. The molecule has 0 aromatic heterocycles. The van der Waals surface area contributed by atoms with E-state index in [1.165, 1.54) is 0 Å². The molecule has 9 heteroatoms. The van der Waals surface area contributed by atoms with Crippen LogP contribution < -0.4 is 15.4 Å². The van der Waals surface area contributed by atoms with Gasteiger partial charge < -0.3 is 30.3 Å². The summed E-state index contributed by atoms with van der Waals surface area (Å²) in [7, 11) is 0. The minimum atomic E-state index is -0.690. The van der Waals surface area contributed by atoms with Crippen LogP contribution in [0, 0.1) is 11.8 Å². The Morgan fingerprint density at radius 3 is 2.43 bits per heavy atom. The first-order chi connectivity index (χ1) is 14.5. The van der Waals surface area contributed by atoms with Gasteiger partial charge in [-0.1, -0.05) is 18.2 Å². The fourth-order valence-electron chi connectivity index (χ4n) is 3.65. The number of nitrogens with one attached hydrogen (secondary N) is 2. The molecule has 1 heterocycles. The van der Waals surface area contributed by atoms with E-state index in [1.807, 2.05) is 30.3 Å². The standard InChI is InChI=1S/C20H28N2O5.CH2O2/c23-18-13-15(12-17(18)22-20(25)14-6-9-26-10-7-14)19(24)21-8-11-27-16-4-2-1-3-5-16;2-1-3/h1-5,14-15,17-18,23H,6-13H2,(H,21,24)(H,22,25);1H,(H,2,3)/t15-,17+,18+;/m0./s1. The first-order valence-electron chi connectivity index (χ1n) is 10.1. The third-order valence-corrected chi connectivity index (χ3v) is 5.23. The number of para-hydroxylation sites is 1. The summed E-state index contributed by atoms with van der Waals surface area (Å²) in [5, 5.41) is 22.9. The second kappa shape index (κ2) is 12.8. The van der Waals surface area contributed by atoms with Crippen molar-refractivity contribution in [3.05, 3.63) is 30.3 Å². The number of aliphatic hydroxyl groups excluding tert-OH is 1. The van der Waals surface area contributed by atoms with Crippen LogP contribution in [0.25, 0.3) is 0 Å². The molecule has 4 N–H and O–H groups in total. The average Bonchev–Trinajstić information content (AvgIpc) is 3.13. The highest BCUT2D eigenvalue weighted by Gasteiger charge is 2.38. The number of aliphatic hydroxyl groups is 1. The van der Waals surface area contributed by atoms with E-state index < -0.39 is 6.10 Å². The number of rotatable bonds is 7. The predicted molar refractivity (Wildman–Crippen MR) is 108 cm³/mol. The summed E-state index contributed by atoms with van der Waals surface area (Å²) in [6, 6.07) is 9.06. The number of ether oxygens (including phenoxy) is 2. The van der Waals surface area contributed by atoms with Crippen molar-refractivity contribution in [1.29, 1.82) is 0 Å². The molecule has 166 valence electrons. The SMILES string of the molecule is O=C(N[C@@H]1C[C@H](C(=O)NCCOc2ccccc2)C[C@H]1O)C1CCOCC1.O=CO. The molecule has 1 aliphatic carbocycles. The smallest absolute Gasteiger partial charge is 0.290 e. The van der Waals surface area contributed by atoms with Gasteiger partial charge in [0.25, 0.3) is 6.47 Å². The van der Waals surface area contributed by atoms with E-state index in [-0.39, 0.29) is 36.2 Å². The van der Waals surface area contributed by atoms with E-state index in [9.17, 15) is 14.7 Å². The molecule has 30 heavy (non-hydrogen) atoms. The molecule has 0 unspecified atom stereocenters. The fraction of sp³-hybridized carbons (Fsp3) is 0.571. The fourth-order valence-corrected chi connectivity index (χ4v) is 3.65. The summed E-state index contributed by atoms with van der Waals surface area (Å²) in [4.78, 5) is 33.0. The molecular formula is C21H30N2O7. The van der Waals surface area contributed by atoms with Crippen molar-refractivity contribution in [2.75, 3.05) is 26.4 Å². The van der Waals surface area contributed by atoms with Gasteiger partial charge in [-0.05, 0) is 37.8 Å². The number of carbonyl (C=O) groups is 3. The zero-order valence-electron chi connectivity index (χ0n) is 16.9. The maximum atomic E-state index is 12.3. The van der Waals surface area contributed by atoms with Crippen LogP contribution in [0.1, 0.15) is 25.7 Å². The molecule has 1 aliphatic heterocycles. The zero-order chi connectivity index (χ0) is 21.8. The number of benzene rings is 1. The summed E-state index contributed by atoms with van der Waals surface area (Å²) in [5.41, 5.74) is 0. The second-order valence-corrected chi connectivity index (χ2v) is 7.30. The Hall–Kier alpha value is -2.65. The largest absolute Gasteiger partial charge is 0.492 e. The van der Waals surface area contributed by atoms with Gasteiger partial charge in [-0.25, -0.2) is 0 Å². The number of hydrogen-bond acceptors (Lipinski definition) is 6. The molecule has 1 aromatic rings. The number of hydrogen-bond donors (Lipinski definition) is 4. The average molecular weight is 422 g/mol. The van der Waals surface area contributed by atoms with Gasteiger partial charge in [0.15, 0.2) is 0 Å². The summed E-state index contributed by atoms with van der Waals surface area (Å²) >= 11 is 0. The molecule has 3 atom stereocenters. The monoisotopic (exact) mass is 422 g/mol. The Morgan fingerprint density at radius 2 is 1.77 bits per heavy atom. The van der Waals surface area contributed by atoms with E-state index >= 15 is 0 Å². The molecule has 2 aliphatic rings. The molecule has 1 saturated carbocycles. The molecular weight excluding hydrogens is 392 g/mol. The van der Waals surface area contributed by atoms with Crippen LogP contribution in [-0.2, 0) is 19.1 Å². The van der Waals surface area contributed by atoms with E-state index in [1.54, 1.807) is 0 Å². The Bertz CT molecular complexity index is 665. The van der Waals surface area contributed by atoms with Gasteiger partial charge in [0.05, 0.1) is 18.7 Å². The number of amides is 2. The molecule has 9 nitrogen and oxygen atoms in total. The Morgan fingerprint density at radius 1 is 1.10 bits per heavy atom. The summed E-state index contributed by atoms with van der Waals surface area (Å²) in [5.74, 6) is 0.262. The minimum absolute atomic E-state index is 0.0420. The van der Waals surface area contributed by atoms with Gasteiger partial charge in [0.1, 0.15) is 12.4 Å². The van der Waals surface area contributed by atoms with Crippen LogP contribution >= 0.6 is 0 Å². The van der Waals surface area contributed by atoms with Gasteiger partial charge in [0.2, 0.25) is 11.8 Å². The maximum absolute atomic E-state index is 12.3. The third-order valence-electron chi connectivity index (χ3n) is 5.23. The van der Waals surface area contributed by atoms with Crippen molar-refractivity contribution in [3.63, 3.8) is 0 Å². The summed E-state index contributed by atoms with van der Waals surface area (Å²) in [6.45, 7) is 1.73. The number of carbonyl (C=O) groups excluding carboxylic acids is 2. The van der Waals surface area contributed by atoms with Crippen LogP contribution in [0.3, 0.4) is 0 Å². The number of carboxylic acid groups (broad SMARTS) is 1. The lowest BCUT2D eigenvalue weighted by Gasteiger charge is -2.24. The van der Waals surface area contributed by atoms with Crippen molar-refractivity contribution >= 4 is 18.3 Å². The molecule has 2 fully saturated rings. The van der Waals surface area contributed by atoms with E-state index in [0.717, 1.165) is 5.75 Å². The summed E-state index contributed by atoms with van der Waals surface area (Å²) in [6.07, 6.45) is 1.55. The lowest BCUT2D eigenvalue weighted by molar-refractivity contribution is -0.129. The zero-order valence-corrected chi connectivity index (χ0v) is 16.9. The van der Waals surface area contributed by atoms with Crippen LogP contribution in [-0.4, -0.2) is 67.0 Å². The Labute approximate surface area is 175 Å². The predicted octanol–water partition coefficient (Wildman–Crippen LogP) is 0.565. The van der Waals surface area contributed by atoms with Crippen LogP contribution in [0.15, 0.2) is 30.3 Å². The normalized spacial score (nSPS) is 23.6. The van der Waals surface area contributed by atoms with Crippen molar-refractivity contribution in [2.24, 2.45) is 11.8 Å². The third kappa shape index (κ3) is 7.64. The lowest BCUT2D eigenvalue weighted by atomic mass is 9.98. The molecule has 1 saturated heterocycles. The van der Waals surface area contributed by atoms with Gasteiger partial charge in [-0.2, -0.15) is 0 Å². The molecule has 2 amide bonds. The molecule has 0 radical (unpaired) electrons. The molecule has 3 rings (SSSR count). The Balaban J connectivity index is 0.00000101. The van der Waals surface area contributed by atoms with Crippen molar-refractivity contribution in [1.82, 2.24) is 10.6 Å². The topological polar surface area (TPSA) is 134 Å². The highest BCUT2D eigenvalue weighted by molar-refractivity contribution is 5.81. The molecule has 0 spiro atoms. The van der Waals surface area contributed by atoms with Gasteiger partial charge >= 0.3 is 0 Å². The summed E-state index contributed by atoms with van der Waals surface area (Å²) < 4.78 is 10.8. The molecule has 1 aromatic carbocycles. The van der Waals surface area contributed by atoms with E-state index in [0.29, 0.717) is 52.0 Å². The van der Waals surface area contributed by atoms with Gasteiger partial charge in [0, 0.05) is 25.0 Å². The highest BCUT2D eigenvalue weighted by atomic mass is 16.5. The van der Waals surface area contributed by atoms with Crippen molar-refractivity contribution in [2.45, 2.75) is 37.8 Å². The highest BCUT2D eigenvalue weighted by Crippen LogP contribution is 2.27. The van der Waals surface area contributed by atoms with Crippen molar-refractivity contribution in [3.8, 4) is 5.75 Å². The van der Waals surface area contributed by atoms with E-state index in [2.05, 4.69) is 10.6 Å². The maximum Gasteiger partial charge on any atom is 0.290 e. The molecule has 0 bridgehead atoms. The van der Waals surface area contributed by atoms with Crippen LogP contribution in [0.2, 0.25) is 0 Å². The van der Waals surface area contributed by atoms with Gasteiger partial charge in [-0.3, -0.25) is 14.4 Å². The van der Waals surface area contributed by atoms with Gasteiger partial charge in [-0.15, -0.1) is 0 Å². The van der Waals surface area contributed by atoms with Crippen LogP contribution in [0.4, 0.5) is 0 Å². The quantitative estimate of drug-likeness (QED) is 0.373. The van der Waals surface area contributed by atoms with Crippen LogP contribution in [0.5, 0.6) is 5.75 Å². The Kier molecular flexibility index (Phi) is 10.1.